The fourth-order valence-electron chi connectivity index (χ4n) is 3.00. The summed E-state index contributed by atoms with van der Waals surface area (Å²) in [7, 11) is -3.19. The number of para-hydroxylation sites is 1. The van der Waals surface area contributed by atoms with Crippen molar-refractivity contribution in [2.24, 2.45) is 0 Å². The van der Waals surface area contributed by atoms with E-state index >= 15 is 0 Å². The largest absolute Gasteiger partial charge is 0.508 e. The fraction of sp³-hybridized carbons (Fsp3) is 0.263. The minimum atomic E-state index is -3.19. The van der Waals surface area contributed by atoms with Crippen LogP contribution >= 0.6 is 0 Å². The number of rotatable bonds is 5. The van der Waals surface area contributed by atoms with E-state index in [0.29, 0.717) is 12.1 Å². The Labute approximate surface area is 157 Å². The molecule has 7 nitrogen and oxygen atoms in total. The molecule has 1 N–H and O–H groups in total. The third-order valence-electron chi connectivity index (χ3n) is 4.31. The van der Waals surface area contributed by atoms with Gasteiger partial charge in [0.05, 0.1) is 23.1 Å². The number of benzene rings is 2. The number of amides is 1. The molecular formula is C19H19NO6S. The summed E-state index contributed by atoms with van der Waals surface area (Å²) in [6.07, 6.45) is 0.342. The number of anilines is 1. The maximum absolute atomic E-state index is 12.7. The minimum Gasteiger partial charge on any atom is -0.508 e. The van der Waals surface area contributed by atoms with Crippen LogP contribution in [0.4, 0.5) is 5.69 Å². The molecule has 1 aliphatic rings. The van der Waals surface area contributed by atoms with Crippen molar-refractivity contribution in [2.45, 2.75) is 12.5 Å². The van der Waals surface area contributed by atoms with Crippen LogP contribution in [0, 0.1) is 0 Å². The number of phenols is 1. The molecule has 1 amide bonds. The molecule has 3 rings (SSSR count). The smallest absolute Gasteiger partial charge is 0.338 e. The first kappa shape index (κ1) is 18.9. The average Bonchev–Trinajstić information content (AvgIpc) is 3.00. The lowest BCUT2D eigenvalue weighted by molar-refractivity contribution is -0.122. The number of carbonyl (C=O) groups excluding carboxylic acids is 2. The van der Waals surface area contributed by atoms with Crippen LogP contribution in [0.3, 0.4) is 0 Å². The zero-order chi connectivity index (χ0) is 19.4. The highest BCUT2D eigenvalue weighted by Crippen LogP contribution is 2.24. The van der Waals surface area contributed by atoms with Crippen LogP contribution in [0.2, 0.25) is 0 Å². The van der Waals surface area contributed by atoms with Gasteiger partial charge >= 0.3 is 5.97 Å². The van der Waals surface area contributed by atoms with E-state index in [9.17, 15) is 23.1 Å². The van der Waals surface area contributed by atoms with Gasteiger partial charge in [0, 0.05) is 5.69 Å². The van der Waals surface area contributed by atoms with Crippen LogP contribution in [-0.4, -0.2) is 49.6 Å². The molecule has 0 radical (unpaired) electrons. The number of sulfone groups is 1. The first-order valence-electron chi connectivity index (χ1n) is 8.39. The number of phenolic OH excluding ortho intramolecular Hbond substituents is 1. The molecule has 27 heavy (non-hydrogen) atoms. The lowest BCUT2D eigenvalue weighted by Gasteiger charge is -2.28. The van der Waals surface area contributed by atoms with E-state index < -0.39 is 34.4 Å². The Balaban J connectivity index is 1.73. The van der Waals surface area contributed by atoms with Gasteiger partial charge < -0.3 is 14.7 Å². The van der Waals surface area contributed by atoms with Crippen molar-refractivity contribution in [3.05, 3.63) is 60.2 Å². The summed E-state index contributed by atoms with van der Waals surface area (Å²) in [6.45, 7) is -0.509. The van der Waals surface area contributed by atoms with Gasteiger partial charge in [0.15, 0.2) is 16.4 Å². The second-order valence-corrected chi connectivity index (χ2v) is 8.51. The normalized spacial score (nSPS) is 18.0. The third-order valence-corrected chi connectivity index (χ3v) is 6.06. The molecule has 8 heteroatoms. The van der Waals surface area contributed by atoms with Gasteiger partial charge in [-0.3, -0.25) is 4.79 Å². The highest BCUT2D eigenvalue weighted by Gasteiger charge is 2.35. The van der Waals surface area contributed by atoms with Crippen molar-refractivity contribution < 1.29 is 27.9 Å². The molecule has 2 aromatic rings. The summed E-state index contributed by atoms with van der Waals surface area (Å²) in [4.78, 5) is 26.2. The van der Waals surface area contributed by atoms with E-state index in [4.69, 9.17) is 4.74 Å². The van der Waals surface area contributed by atoms with Crippen LogP contribution < -0.4 is 4.90 Å². The second kappa shape index (κ2) is 7.79. The van der Waals surface area contributed by atoms with E-state index in [1.54, 1.807) is 30.3 Å². The van der Waals surface area contributed by atoms with Crippen molar-refractivity contribution in [3.8, 4) is 5.75 Å². The van der Waals surface area contributed by atoms with Crippen molar-refractivity contribution in [2.75, 3.05) is 23.0 Å². The minimum absolute atomic E-state index is 0.0142. The van der Waals surface area contributed by atoms with Gasteiger partial charge in [-0.25, -0.2) is 13.2 Å². The van der Waals surface area contributed by atoms with Gasteiger partial charge in [0.1, 0.15) is 5.75 Å². The number of hydrogen-bond acceptors (Lipinski definition) is 6. The number of esters is 1. The topological polar surface area (TPSA) is 101 Å². The summed E-state index contributed by atoms with van der Waals surface area (Å²) in [5.74, 6) is -1.26. The Kier molecular flexibility index (Phi) is 5.46. The lowest BCUT2D eigenvalue weighted by Crippen LogP contribution is -2.43. The van der Waals surface area contributed by atoms with Crippen molar-refractivity contribution in [1.29, 1.82) is 0 Å². The summed E-state index contributed by atoms with van der Waals surface area (Å²) >= 11 is 0. The second-order valence-electron chi connectivity index (χ2n) is 6.28. The quantitative estimate of drug-likeness (QED) is 0.782. The Morgan fingerprint density at radius 3 is 2.33 bits per heavy atom. The van der Waals surface area contributed by atoms with Gasteiger partial charge in [-0.2, -0.15) is 0 Å². The van der Waals surface area contributed by atoms with E-state index in [2.05, 4.69) is 0 Å². The SMILES string of the molecule is O=C(OCC(=O)N(c1ccccc1)[C@H]1CCS(=O)(=O)C1)c1ccc(O)cc1. The number of carbonyl (C=O) groups is 2. The van der Waals surface area contributed by atoms with Crippen LogP contribution in [0.25, 0.3) is 0 Å². The van der Waals surface area contributed by atoms with Gasteiger partial charge in [0.2, 0.25) is 0 Å². The van der Waals surface area contributed by atoms with Gasteiger partial charge in [-0.1, -0.05) is 18.2 Å². The van der Waals surface area contributed by atoms with Gasteiger partial charge in [-0.15, -0.1) is 0 Å². The molecule has 0 aromatic heterocycles. The maximum atomic E-state index is 12.7. The maximum Gasteiger partial charge on any atom is 0.338 e. The predicted octanol–water partition coefficient (Wildman–Crippen LogP) is 1.77. The molecule has 0 saturated carbocycles. The first-order chi connectivity index (χ1) is 12.9. The Morgan fingerprint density at radius 1 is 1.07 bits per heavy atom. The number of hydrogen-bond donors (Lipinski definition) is 1. The Hall–Kier alpha value is -2.87. The molecule has 142 valence electrons. The van der Waals surface area contributed by atoms with E-state index in [1.165, 1.54) is 29.2 Å². The zero-order valence-corrected chi connectivity index (χ0v) is 15.3. The molecule has 1 aliphatic heterocycles. The fourth-order valence-corrected chi connectivity index (χ4v) is 4.70. The Morgan fingerprint density at radius 2 is 1.74 bits per heavy atom. The highest BCUT2D eigenvalue weighted by atomic mass is 32.2. The molecule has 0 aliphatic carbocycles. The first-order valence-corrected chi connectivity index (χ1v) is 10.2. The highest BCUT2D eigenvalue weighted by molar-refractivity contribution is 7.91. The van der Waals surface area contributed by atoms with Gasteiger partial charge in [0.25, 0.3) is 5.91 Å². The molecular weight excluding hydrogens is 370 g/mol. The zero-order valence-electron chi connectivity index (χ0n) is 14.4. The van der Waals surface area contributed by atoms with Crippen LogP contribution in [0.1, 0.15) is 16.8 Å². The van der Waals surface area contributed by atoms with Crippen LogP contribution in [0.5, 0.6) is 5.75 Å². The summed E-state index contributed by atoms with van der Waals surface area (Å²) < 4.78 is 28.8. The van der Waals surface area contributed by atoms with Gasteiger partial charge in [-0.05, 0) is 42.8 Å². The molecule has 1 saturated heterocycles. The van der Waals surface area contributed by atoms with E-state index in [-0.39, 0.29) is 22.8 Å². The Bertz CT molecular complexity index is 924. The van der Waals surface area contributed by atoms with Crippen LogP contribution in [0.15, 0.2) is 54.6 Å². The van der Waals surface area contributed by atoms with Crippen molar-refractivity contribution >= 4 is 27.4 Å². The monoisotopic (exact) mass is 389 g/mol. The molecule has 0 bridgehead atoms. The van der Waals surface area contributed by atoms with E-state index in [0.717, 1.165) is 0 Å². The summed E-state index contributed by atoms with van der Waals surface area (Å²) in [6, 6.07) is 13.7. The van der Waals surface area contributed by atoms with Crippen LogP contribution in [-0.2, 0) is 19.4 Å². The van der Waals surface area contributed by atoms with E-state index in [1.807, 2.05) is 0 Å². The van der Waals surface area contributed by atoms with Crippen molar-refractivity contribution in [3.63, 3.8) is 0 Å². The summed E-state index contributed by atoms with van der Waals surface area (Å²) in [5, 5.41) is 9.26. The molecule has 1 fully saturated rings. The molecule has 0 unspecified atom stereocenters. The molecule has 0 spiro atoms. The lowest BCUT2D eigenvalue weighted by atomic mass is 10.2. The number of nitrogens with zero attached hydrogens (tertiary/aromatic N) is 1. The molecule has 1 atom stereocenters. The molecule has 2 aromatic carbocycles. The number of aromatic hydroxyl groups is 1. The summed E-state index contributed by atoms with van der Waals surface area (Å²) in [5.41, 5.74) is 0.764. The average molecular weight is 389 g/mol. The predicted molar refractivity (Wildman–Crippen MR) is 99.4 cm³/mol. The number of ether oxygens (including phenoxy) is 1. The molecule has 1 heterocycles. The van der Waals surface area contributed by atoms with Crippen molar-refractivity contribution in [1.82, 2.24) is 0 Å². The third kappa shape index (κ3) is 4.65. The standard InChI is InChI=1S/C19H19NO6S/c21-17-8-6-14(7-9-17)19(23)26-12-18(22)20(15-4-2-1-3-5-15)16-10-11-27(24,25)13-16/h1-9,16,21H,10-13H2/t16-/m0/s1.